The first-order chi connectivity index (χ1) is 16.1. The summed E-state index contributed by atoms with van der Waals surface area (Å²) in [6.45, 7) is 3.79. The van der Waals surface area contributed by atoms with Gasteiger partial charge in [-0.3, -0.25) is 4.57 Å². The van der Waals surface area contributed by atoms with Gasteiger partial charge in [0, 0.05) is 18.4 Å². The first-order valence-electron chi connectivity index (χ1n) is 11.3. The number of anilines is 1. The summed E-state index contributed by atoms with van der Waals surface area (Å²) in [6, 6.07) is 2.18. The van der Waals surface area contributed by atoms with Gasteiger partial charge in [-0.2, -0.15) is 0 Å². The van der Waals surface area contributed by atoms with Crippen LogP contribution in [0.25, 0.3) is 11.2 Å². The Balaban J connectivity index is 1.32. The predicted octanol–water partition coefficient (Wildman–Crippen LogP) is 2.44. The van der Waals surface area contributed by atoms with E-state index in [1.54, 1.807) is 31.1 Å². The van der Waals surface area contributed by atoms with Crippen LogP contribution in [0.5, 0.6) is 0 Å². The van der Waals surface area contributed by atoms with Gasteiger partial charge in [0.05, 0.1) is 6.33 Å². The van der Waals surface area contributed by atoms with Crippen molar-refractivity contribution in [2.75, 3.05) is 5.32 Å². The molecule has 1 aliphatic carbocycles. The van der Waals surface area contributed by atoms with Crippen LogP contribution in [0.15, 0.2) is 31.1 Å². The second kappa shape index (κ2) is 8.02. The number of aromatic nitrogens is 6. The molecule has 3 aromatic rings. The molecule has 0 radical (unpaired) electrons. The second-order valence-corrected chi connectivity index (χ2v) is 9.03. The van der Waals surface area contributed by atoms with E-state index in [9.17, 15) is 0 Å². The smallest absolute Gasteiger partial charge is 0.204 e. The van der Waals surface area contributed by atoms with E-state index >= 15 is 0 Å². The maximum atomic E-state index is 6.33. The topological polar surface area (TPSA) is 109 Å². The van der Waals surface area contributed by atoms with E-state index < -0.39 is 18.1 Å². The Morgan fingerprint density at radius 1 is 1.03 bits per heavy atom. The van der Waals surface area contributed by atoms with Crippen LogP contribution in [0.4, 0.5) is 5.82 Å². The number of hydrogen-bond acceptors (Lipinski definition) is 9. The second-order valence-electron chi connectivity index (χ2n) is 9.03. The molecular formula is C23H25N7O3. The maximum Gasteiger partial charge on any atom is 0.204 e. The molecule has 10 heteroatoms. The van der Waals surface area contributed by atoms with Gasteiger partial charge in [-0.15, -0.1) is 0 Å². The van der Waals surface area contributed by atoms with E-state index in [1.807, 2.05) is 18.4 Å². The largest absolute Gasteiger partial charge is 0.365 e. The third-order valence-electron chi connectivity index (χ3n) is 6.25. The number of rotatable bonds is 3. The third-order valence-corrected chi connectivity index (χ3v) is 6.25. The Bertz CT molecular complexity index is 1210. The van der Waals surface area contributed by atoms with Crippen LogP contribution in [-0.2, 0) is 14.2 Å². The molecule has 4 unspecified atom stereocenters. The Kier molecular flexibility index (Phi) is 4.98. The highest BCUT2D eigenvalue weighted by atomic mass is 16.8. The van der Waals surface area contributed by atoms with Gasteiger partial charge in [-0.25, -0.2) is 24.9 Å². The summed E-state index contributed by atoms with van der Waals surface area (Å²) in [5.41, 5.74) is 1.40. The fourth-order valence-corrected chi connectivity index (χ4v) is 4.82. The lowest BCUT2D eigenvalue weighted by molar-refractivity contribution is -0.190. The number of nitrogens with zero attached hydrogens (tertiary/aromatic N) is 6. The quantitative estimate of drug-likeness (QED) is 0.606. The van der Waals surface area contributed by atoms with Crippen LogP contribution in [0, 0.1) is 11.8 Å². The molecule has 1 N–H and O–H groups in total. The lowest BCUT2D eigenvalue weighted by Gasteiger charge is -2.23. The predicted molar refractivity (Wildman–Crippen MR) is 118 cm³/mol. The molecule has 10 nitrogen and oxygen atoms in total. The number of nitrogens with one attached hydrogen (secondary N) is 1. The highest BCUT2D eigenvalue weighted by molar-refractivity contribution is 5.82. The third kappa shape index (κ3) is 3.82. The molecule has 4 atom stereocenters. The summed E-state index contributed by atoms with van der Waals surface area (Å²) in [7, 11) is 0. The van der Waals surface area contributed by atoms with Crippen molar-refractivity contribution in [1.82, 2.24) is 29.5 Å². The summed E-state index contributed by atoms with van der Waals surface area (Å²) in [5.74, 6) is 6.55. The van der Waals surface area contributed by atoms with Crippen LogP contribution in [-0.4, -0.2) is 59.6 Å². The average molecular weight is 447 g/mol. The van der Waals surface area contributed by atoms with E-state index in [1.165, 1.54) is 12.8 Å². The van der Waals surface area contributed by atoms with Gasteiger partial charge >= 0.3 is 0 Å². The van der Waals surface area contributed by atoms with Gasteiger partial charge in [-0.1, -0.05) is 18.8 Å². The molecule has 5 heterocycles. The maximum absolute atomic E-state index is 6.33. The molecule has 33 heavy (non-hydrogen) atoms. The molecule has 0 amide bonds. The van der Waals surface area contributed by atoms with Gasteiger partial charge in [-0.05, 0) is 38.7 Å². The number of fused-ring (bicyclic) bond motifs is 2. The number of imidazole rings is 1. The first-order valence-corrected chi connectivity index (χ1v) is 11.3. The van der Waals surface area contributed by atoms with E-state index in [0.29, 0.717) is 17.5 Å². The minimum atomic E-state index is -0.749. The zero-order valence-corrected chi connectivity index (χ0v) is 18.5. The monoisotopic (exact) mass is 447 g/mol. The molecule has 2 aliphatic heterocycles. The van der Waals surface area contributed by atoms with Crippen molar-refractivity contribution in [2.24, 2.45) is 0 Å². The molecule has 170 valence electrons. The summed E-state index contributed by atoms with van der Waals surface area (Å²) in [6.07, 6.45) is 9.64. The summed E-state index contributed by atoms with van der Waals surface area (Å²) in [4.78, 5) is 21.9. The van der Waals surface area contributed by atoms with E-state index in [-0.39, 0.29) is 12.2 Å². The van der Waals surface area contributed by atoms with Crippen LogP contribution >= 0.6 is 0 Å². The van der Waals surface area contributed by atoms with Crippen molar-refractivity contribution in [1.29, 1.82) is 0 Å². The van der Waals surface area contributed by atoms with Gasteiger partial charge in [0.1, 0.15) is 24.6 Å². The van der Waals surface area contributed by atoms with Crippen molar-refractivity contribution >= 4 is 17.0 Å². The Labute approximate surface area is 191 Å². The molecule has 0 aromatic carbocycles. The molecule has 0 spiro atoms. The van der Waals surface area contributed by atoms with Crippen molar-refractivity contribution in [3.05, 3.63) is 36.9 Å². The molecule has 0 bridgehead atoms. The summed E-state index contributed by atoms with van der Waals surface area (Å²) < 4.78 is 20.6. The average Bonchev–Trinajstić information content (AvgIpc) is 3.58. The molecule has 2 saturated heterocycles. The van der Waals surface area contributed by atoms with E-state index in [0.717, 1.165) is 24.2 Å². The van der Waals surface area contributed by atoms with Crippen LogP contribution in [0.3, 0.4) is 0 Å². The summed E-state index contributed by atoms with van der Waals surface area (Å²) in [5, 5.41) is 3.53. The fourth-order valence-electron chi connectivity index (χ4n) is 4.82. The number of ether oxygens (including phenoxy) is 3. The molecular weight excluding hydrogens is 422 g/mol. The molecule has 1 saturated carbocycles. The van der Waals surface area contributed by atoms with Crippen LogP contribution in [0.2, 0.25) is 0 Å². The van der Waals surface area contributed by atoms with Crippen molar-refractivity contribution in [3.8, 4) is 11.8 Å². The number of hydrogen-bond donors (Lipinski definition) is 1. The Morgan fingerprint density at radius 3 is 2.64 bits per heavy atom. The highest BCUT2D eigenvalue weighted by Crippen LogP contribution is 2.43. The zero-order chi connectivity index (χ0) is 22.4. The Hall–Kier alpha value is -3.13. The zero-order valence-electron chi connectivity index (χ0n) is 18.5. The standard InChI is InChI=1S/C23H25N7O3/c1-23(2)32-18-15(8-9-16-24-10-5-11-25-16)31-22(19(18)33-23)30-13-28-17-20(26-12-27-21(17)30)29-14-6-3-4-7-14/h5,10-15,18-19,22H,3-4,6-7H2,1-2H3,(H,26,27,29). The minimum absolute atomic E-state index is 0.364. The van der Waals surface area contributed by atoms with E-state index in [4.69, 9.17) is 14.2 Å². The minimum Gasteiger partial charge on any atom is -0.365 e. The lowest BCUT2D eigenvalue weighted by Crippen LogP contribution is -2.28. The SMILES string of the molecule is CC1(C)OC2C(C#Cc3ncccn3)OC(n3cnc4c(NC5CCCC5)ncnc43)C2O1. The van der Waals surface area contributed by atoms with Crippen molar-refractivity contribution in [2.45, 2.75) is 75.9 Å². The van der Waals surface area contributed by atoms with Gasteiger partial charge < -0.3 is 19.5 Å². The van der Waals surface area contributed by atoms with Gasteiger partial charge in [0.15, 0.2) is 29.0 Å². The van der Waals surface area contributed by atoms with Crippen molar-refractivity contribution in [3.63, 3.8) is 0 Å². The molecule has 6 rings (SSSR count). The summed E-state index contributed by atoms with van der Waals surface area (Å²) >= 11 is 0. The van der Waals surface area contributed by atoms with E-state index in [2.05, 4.69) is 42.1 Å². The van der Waals surface area contributed by atoms with Crippen LogP contribution in [0.1, 0.15) is 51.6 Å². The first kappa shape index (κ1) is 20.5. The van der Waals surface area contributed by atoms with Gasteiger partial charge in [0.2, 0.25) is 5.82 Å². The molecule has 3 fully saturated rings. The van der Waals surface area contributed by atoms with Crippen LogP contribution < -0.4 is 5.32 Å². The Morgan fingerprint density at radius 2 is 1.82 bits per heavy atom. The van der Waals surface area contributed by atoms with Crippen molar-refractivity contribution < 1.29 is 14.2 Å². The normalized spacial score (nSPS) is 28.5. The molecule has 3 aromatic heterocycles. The lowest BCUT2D eigenvalue weighted by atomic mass is 10.1. The molecule has 3 aliphatic rings. The highest BCUT2D eigenvalue weighted by Gasteiger charge is 2.56. The van der Waals surface area contributed by atoms with Gasteiger partial charge in [0.25, 0.3) is 0 Å². The fraction of sp³-hybridized carbons (Fsp3) is 0.522.